The number of fused-ring (bicyclic) bond motifs is 2. The van der Waals surface area contributed by atoms with Crippen molar-refractivity contribution < 1.29 is 24.8 Å². The molecule has 0 amide bonds. The SMILES string of the molecule is OC1C(O)[C@H]2OC[C@H](O2)C1O. The summed E-state index contributed by atoms with van der Waals surface area (Å²) >= 11 is 0. The molecular formula is C6H10O5. The number of hydrogen-bond acceptors (Lipinski definition) is 5. The lowest BCUT2D eigenvalue weighted by molar-refractivity contribution is -0.228. The van der Waals surface area contributed by atoms with Gasteiger partial charge in [0.2, 0.25) is 0 Å². The highest BCUT2D eigenvalue weighted by atomic mass is 16.7. The van der Waals surface area contributed by atoms with Gasteiger partial charge in [0, 0.05) is 0 Å². The zero-order chi connectivity index (χ0) is 8.01. The fourth-order valence-corrected chi connectivity index (χ4v) is 1.38. The molecule has 3 unspecified atom stereocenters. The summed E-state index contributed by atoms with van der Waals surface area (Å²) in [4.78, 5) is 0. The summed E-state index contributed by atoms with van der Waals surface area (Å²) in [5.41, 5.74) is 0. The molecule has 2 aliphatic rings. The minimum Gasteiger partial charge on any atom is -0.387 e. The van der Waals surface area contributed by atoms with Crippen LogP contribution in [0.25, 0.3) is 0 Å². The number of aliphatic hydroxyl groups excluding tert-OH is 3. The number of rotatable bonds is 0. The highest BCUT2D eigenvalue weighted by molar-refractivity contribution is 4.92. The van der Waals surface area contributed by atoms with Gasteiger partial charge in [0.25, 0.3) is 0 Å². The second-order valence-electron chi connectivity index (χ2n) is 2.85. The van der Waals surface area contributed by atoms with E-state index in [2.05, 4.69) is 0 Å². The zero-order valence-corrected chi connectivity index (χ0v) is 5.75. The Hall–Kier alpha value is -0.200. The summed E-state index contributed by atoms with van der Waals surface area (Å²) < 4.78 is 9.95. The molecule has 2 aliphatic heterocycles. The molecule has 64 valence electrons. The fraction of sp³-hybridized carbons (Fsp3) is 1.00. The Balaban J connectivity index is 2.16. The first-order chi connectivity index (χ1) is 5.20. The van der Waals surface area contributed by atoms with Gasteiger partial charge in [-0.25, -0.2) is 0 Å². The van der Waals surface area contributed by atoms with Gasteiger partial charge in [-0.1, -0.05) is 0 Å². The molecule has 2 bridgehead atoms. The van der Waals surface area contributed by atoms with Crippen LogP contribution in [0.2, 0.25) is 0 Å². The Morgan fingerprint density at radius 3 is 2.45 bits per heavy atom. The van der Waals surface area contributed by atoms with Crippen molar-refractivity contribution in [3.05, 3.63) is 0 Å². The third-order valence-electron chi connectivity index (χ3n) is 2.09. The van der Waals surface area contributed by atoms with Gasteiger partial charge in [-0.3, -0.25) is 0 Å². The molecule has 0 aliphatic carbocycles. The molecule has 0 aromatic heterocycles. The van der Waals surface area contributed by atoms with E-state index in [9.17, 15) is 10.2 Å². The van der Waals surface area contributed by atoms with Gasteiger partial charge in [0.1, 0.15) is 24.4 Å². The summed E-state index contributed by atoms with van der Waals surface area (Å²) in [6.07, 6.45) is -4.58. The Morgan fingerprint density at radius 2 is 1.73 bits per heavy atom. The van der Waals surface area contributed by atoms with Gasteiger partial charge in [-0.2, -0.15) is 0 Å². The van der Waals surface area contributed by atoms with E-state index < -0.39 is 30.7 Å². The van der Waals surface area contributed by atoms with Crippen molar-refractivity contribution >= 4 is 0 Å². The van der Waals surface area contributed by atoms with E-state index >= 15 is 0 Å². The van der Waals surface area contributed by atoms with Crippen LogP contribution < -0.4 is 0 Å². The molecule has 0 saturated carbocycles. The number of ether oxygens (including phenoxy) is 2. The van der Waals surface area contributed by atoms with Crippen LogP contribution in [0.15, 0.2) is 0 Å². The van der Waals surface area contributed by atoms with Crippen LogP contribution in [0.5, 0.6) is 0 Å². The third kappa shape index (κ3) is 0.969. The Kier molecular flexibility index (Phi) is 1.62. The van der Waals surface area contributed by atoms with E-state index in [-0.39, 0.29) is 6.61 Å². The quantitative estimate of drug-likeness (QED) is 0.377. The zero-order valence-electron chi connectivity index (χ0n) is 5.75. The lowest BCUT2D eigenvalue weighted by Crippen LogP contribution is -2.53. The molecule has 5 heteroatoms. The molecule has 5 atom stereocenters. The average molecular weight is 162 g/mol. The Bertz CT molecular complexity index is 141. The summed E-state index contributed by atoms with van der Waals surface area (Å²) in [6, 6.07) is 0. The highest BCUT2D eigenvalue weighted by Gasteiger charge is 2.48. The van der Waals surface area contributed by atoms with Gasteiger partial charge < -0.3 is 24.8 Å². The lowest BCUT2D eigenvalue weighted by Gasteiger charge is -2.32. The normalized spacial score (nSPS) is 56.5. The van der Waals surface area contributed by atoms with Crippen LogP contribution in [0.3, 0.4) is 0 Å². The smallest absolute Gasteiger partial charge is 0.186 e. The Labute approximate surface area is 63.2 Å². The molecule has 2 fully saturated rings. The van der Waals surface area contributed by atoms with Gasteiger partial charge >= 0.3 is 0 Å². The molecule has 0 aromatic carbocycles. The molecule has 3 N–H and O–H groups in total. The van der Waals surface area contributed by atoms with E-state index in [1.165, 1.54) is 0 Å². The second kappa shape index (κ2) is 2.40. The van der Waals surface area contributed by atoms with Crippen molar-refractivity contribution in [2.24, 2.45) is 0 Å². The van der Waals surface area contributed by atoms with Crippen LogP contribution in [-0.2, 0) is 9.47 Å². The largest absolute Gasteiger partial charge is 0.387 e. The van der Waals surface area contributed by atoms with E-state index in [1.807, 2.05) is 0 Å². The molecular weight excluding hydrogens is 152 g/mol. The van der Waals surface area contributed by atoms with Crippen molar-refractivity contribution in [1.29, 1.82) is 0 Å². The maximum atomic E-state index is 9.22. The monoisotopic (exact) mass is 162 g/mol. The minimum absolute atomic E-state index is 0.236. The van der Waals surface area contributed by atoms with Crippen molar-refractivity contribution in [1.82, 2.24) is 0 Å². The highest BCUT2D eigenvalue weighted by Crippen LogP contribution is 2.27. The molecule has 0 aromatic rings. The lowest BCUT2D eigenvalue weighted by atomic mass is 10.0. The third-order valence-corrected chi connectivity index (χ3v) is 2.09. The number of aliphatic hydroxyl groups is 3. The summed E-state index contributed by atoms with van der Waals surface area (Å²) in [5.74, 6) is 0. The molecule has 2 heterocycles. The summed E-state index contributed by atoms with van der Waals surface area (Å²) in [5, 5.41) is 27.6. The number of hydrogen-bond donors (Lipinski definition) is 3. The van der Waals surface area contributed by atoms with Gasteiger partial charge in [-0.05, 0) is 0 Å². The van der Waals surface area contributed by atoms with Gasteiger partial charge in [0.15, 0.2) is 6.29 Å². The van der Waals surface area contributed by atoms with Crippen LogP contribution >= 0.6 is 0 Å². The van der Waals surface area contributed by atoms with E-state index in [1.54, 1.807) is 0 Å². The molecule has 0 spiro atoms. The van der Waals surface area contributed by atoms with Crippen LogP contribution in [-0.4, -0.2) is 52.6 Å². The van der Waals surface area contributed by atoms with Gasteiger partial charge in [0.05, 0.1) is 6.61 Å². The van der Waals surface area contributed by atoms with Crippen LogP contribution in [0.1, 0.15) is 0 Å². The van der Waals surface area contributed by atoms with Crippen molar-refractivity contribution in [2.75, 3.05) is 6.61 Å². The summed E-state index contributed by atoms with van der Waals surface area (Å²) in [7, 11) is 0. The molecule has 2 rings (SSSR count). The topological polar surface area (TPSA) is 79.2 Å². The maximum absolute atomic E-state index is 9.22. The van der Waals surface area contributed by atoms with E-state index in [4.69, 9.17) is 14.6 Å². The first-order valence-corrected chi connectivity index (χ1v) is 3.51. The molecule has 2 saturated heterocycles. The van der Waals surface area contributed by atoms with E-state index in [0.29, 0.717) is 0 Å². The van der Waals surface area contributed by atoms with Gasteiger partial charge in [-0.15, -0.1) is 0 Å². The van der Waals surface area contributed by atoms with Crippen molar-refractivity contribution in [2.45, 2.75) is 30.7 Å². The molecule has 5 nitrogen and oxygen atoms in total. The minimum atomic E-state index is -1.15. The Morgan fingerprint density at radius 1 is 1.00 bits per heavy atom. The van der Waals surface area contributed by atoms with Crippen LogP contribution in [0, 0.1) is 0 Å². The standard InChI is InChI=1S/C6H10O5/c7-3-2-1-10-6(11-2)5(9)4(3)8/h2-9H,1H2/t2-,3?,4?,5?,6-/m0/s1. The molecule has 0 radical (unpaired) electrons. The fourth-order valence-electron chi connectivity index (χ4n) is 1.38. The van der Waals surface area contributed by atoms with Crippen molar-refractivity contribution in [3.63, 3.8) is 0 Å². The van der Waals surface area contributed by atoms with E-state index in [0.717, 1.165) is 0 Å². The predicted octanol–water partition coefficient (Wildman–Crippen LogP) is -2.18. The predicted molar refractivity (Wildman–Crippen MR) is 32.6 cm³/mol. The second-order valence-corrected chi connectivity index (χ2v) is 2.85. The molecule has 11 heavy (non-hydrogen) atoms. The maximum Gasteiger partial charge on any atom is 0.186 e. The van der Waals surface area contributed by atoms with Crippen LogP contribution in [0.4, 0.5) is 0 Å². The first kappa shape index (κ1) is 7.45. The average Bonchev–Trinajstić information content (AvgIpc) is 2.44. The van der Waals surface area contributed by atoms with Crippen molar-refractivity contribution in [3.8, 4) is 0 Å². The summed E-state index contributed by atoms with van der Waals surface area (Å²) in [6.45, 7) is 0.236. The first-order valence-electron chi connectivity index (χ1n) is 3.51.